The smallest absolute Gasteiger partial charge is 0.236 e. The fraction of sp³-hybridized carbons (Fsp3) is 0.556. The molecule has 0 aromatic heterocycles. The second kappa shape index (κ2) is 8.06. The van der Waals surface area contributed by atoms with Gasteiger partial charge in [0.25, 0.3) is 0 Å². The number of benzene rings is 1. The molecule has 136 valence electrons. The maximum Gasteiger partial charge on any atom is 0.236 e. The van der Waals surface area contributed by atoms with Crippen LogP contribution in [-0.4, -0.2) is 74.0 Å². The molecule has 2 aliphatic rings. The van der Waals surface area contributed by atoms with Gasteiger partial charge < -0.3 is 15.1 Å². The first-order valence-corrected chi connectivity index (χ1v) is 9.16. The van der Waals surface area contributed by atoms with E-state index in [2.05, 4.69) is 10.2 Å². The second-order valence-corrected chi connectivity index (χ2v) is 7.24. The lowest BCUT2D eigenvalue weighted by molar-refractivity contribution is -0.133. The van der Waals surface area contributed by atoms with Crippen molar-refractivity contribution in [2.45, 2.75) is 18.9 Å². The summed E-state index contributed by atoms with van der Waals surface area (Å²) in [6.45, 7) is 3.41. The predicted octanol–water partition coefficient (Wildman–Crippen LogP) is 1.20. The standard InChI is InChI=1S/C18H25ClN4O2/c1-21(12-17(24)20-14-6-7-14)13-18(25)23-10-8-22(9-11-23)16-5-3-2-4-15(16)19/h2-5,14H,6-13H2,1H3,(H,20,24). The first-order valence-electron chi connectivity index (χ1n) is 8.78. The lowest BCUT2D eigenvalue weighted by atomic mass is 10.2. The van der Waals surface area contributed by atoms with Crippen LogP contribution in [0.1, 0.15) is 12.8 Å². The second-order valence-electron chi connectivity index (χ2n) is 6.83. The van der Waals surface area contributed by atoms with Crippen molar-refractivity contribution in [1.29, 1.82) is 0 Å². The molecule has 0 bridgehead atoms. The monoisotopic (exact) mass is 364 g/mol. The number of piperazine rings is 1. The molecule has 0 unspecified atom stereocenters. The SMILES string of the molecule is CN(CC(=O)NC1CC1)CC(=O)N1CCN(c2ccccc2Cl)CC1. The number of anilines is 1. The van der Waals surface area contributed by atoms with Crippen LogP contribution >= 0.6 is 11.6 Å². The fourth-order valence-corrected chi connectivity index (χ4v) is 3.29. The van der Waals surface area contributed by atoms with Gasteiger partial charge in [-0.05, 0) is 32.0 Å². The molecule has 0 atom stereocenters. The highest BCUT2D eigenvalue weighted by Crippen LogP contribution is 2.26. The number of nitrogens with zero attached hydrogens (tertiary/aromatic N) is 3. The van der Waals surface area contributed by atoms with E-state index in [1.807, 2.05) is 36.2 Å². The first-order chi connectivity index (χ1) is 12.0. The van der Waals surface area contributed by atoms with Gasteiger partial charge in [-0.2, -0.15) is 0 Å². The van der Waals surface area contributed by atoms with E-state index in [0.717, 1.165) is 36.6 Å². The predicted molar refractivity (Wildman–Crippen MR) is 98.9 cm³/mol. The van der Waals surface area contributed by atoms with E-state index in [9.17, 15) is 9.59 Å². The summed E-state index contributed by atoms with van der Waals surface area (Å²) in [5.74, 6) is 0.0712. The van der Waals surface area contributed by atoms with Crippen molar-refractivity contribution in [2.75, 3.05) is 51.2 Å². The van der Waals surface area contributed by atoms with E-state index >= 15 is 0 Å². The third kappa shape index (κ3) is 5.09. The molecule has 7 heteroatoms. The summed E-state index contributed by atoms with van der Waals surface area (Å²) in [4.78, 5) is 30.1. The molecule has 1 N–H and O–H groups in total. The van der Waals surface area contributed by atoms with Crippen molar-refractivity contribution in [3.05, 3.63) is 29.3 Å². The summed E-state index contributed by atoms with van der Waals surface area (Å²) in [5.41, 5.74) is 1.02. The first kappa shape index (κ1) is 18.0. The van der Waals surface area contributed by atoms with Crippen molar-refractivity contribution < 1.29 is 9.59 Å². The Morgan fingerprint density at radius 3 is 2.48 bits per heavy atom. The Labute approximate surface area is 153 Å². The van der Waals surface area contributed by atoms with Gasteiger partial charge in [0, 0.05) is 32.2 Å². The van der Waals surface area contributed by atoms with Crippen LogP contribution in [0, 0.1) is 0 Å². The van der Waals surface area contributed by atoms with Gasteiger partial charge in [0.15, 0.2) is 0 Å². The van der Waals surface area contributed by atoms with E-state index < -0.39 is 0 Å². The average Bonchev–Trinajstić information content (AvgIpc) is 3.39. The minimum Gasteiger partial charge on any atom is -0.367 e. The van der Waals surface area contributed by atoms with Crippen LogP contribution in [0.3, 0.4) is 0 Å². The van der Waals surface area contributed by atoms with Crippen LogP contribution < -0.4 is 10.2 Å². The Morgan fingerprint density at radius 2 is 1.84 bits per heavy atom. The summed E-state index contributed by atoms with van der Waals surface area (Å²) in [6.07, 6.45) is 2.15. The highest BCUT2D eigenvalue weighted by atomic mass is 35.5. The number of likely N-dealkylation sites (N-methyl/N-ethyl adjacent to an activating group) is 1. The maximum absolute atomic E-state index is 12.4. The summed E-state index contributed by atoms with van der Waals surface area (Å²) in [5, 5.41) is 3.68. The molecule has 1 saturated heterocycles. The number of carbonyl (C=O) groups excluding carboxylic acids is 2. The number of carbonyl (C=O) groups is 2. The van der Waals surface area contributed by atoms with E-state index in [-0.39, 0.29) is 24.9 Å². The molecule has 3 rings (SSSR count). The van der Waals surface area contributed by atoms with Gasteiger partial charge >= 0.3 is 0 Å². The Hall–Kier alpha value is -1.79. The summed E-state index contributed by atoms with van der Waals surface area (Å²) in [6, 6.07) is 8.14. The van der Waals surface area contributed by atoms with Crippen LogP contribution in [0.2, 0.25) is 5.02 Å². The molecule has 1 aliphatic carbocycles. The molecule has 1 aliphatic heterocycles. The van der Waals surface area contributed by atoms with E-state index in [1.165, 1.54) is 0 Å². The van der Waals surface area contributed by atoms with E-state index in [1.54, 1.807) is 4.90 Å². The normalized spacial score (nSPS) is 17.7. The molecule has 1 aromatic rings. The molecule has 6 nitrogen and oxygen atoms in total. The summed E-state index contributed by atoms with van der Waals surface area (Å²) < 4.78 is 0. The van der Waals surface area contributed by atoms with Crippen LogP contribution in [0.5, 0.6) is 0 Å². The topological polar surface area (TPSA) is 55.9 Å². The largest absolute Gasteiger partial charge is 0.367 e. The lowest BCUT2D eigenvalue weighted by Crippen LogP contribution is -2.51. The maximum atomic E-state index is 12.4. The number of hydrogen-bond acceptors (Lipinski definition) is 4. The number of halogens is 1. The number of amides is 2. The van der Waals surface area contributed by atoms with Crippen LogP contribution in [-0.2, 0) is 9.59 Å². The lowest BCUT2D eigenvalue weighted by Gasteiger charge is -2.37. The Balaban J connectivity index is 1.43. The van der Waals surface area contributed by atoms with Crippen LogP contribution in [0.25, 0.3) is 0 Å². The molecular weight excluding hydrogens is 340 g/mol. The Morgan fingerprint density at radius 1 is 1.16 bits per heavy atom. The molecule has 2 amide bonds. The van der Waals surface area contributed by atoms with Crippen molar-refractivity contribution in [3.8, 4) is 0 Å². The van der Waals surface area contributed by atoms with E-state index in [4.69, 9.17) is 11.6 Å². The van der Waals surface area contributed by atoms with Gasteiger partial charge in [0.1, 0.15) is 0 Å². The number of hydrogen-bond donors (Lipinski definition) is 1. The van der Waals surface area contributed by atoms with Crippen molar-refractivity contribution >= 4 is 29.1 Å². The average molecular weight is 365 g/mol. The van der Waals surface area contributed by atoms with Crippen molar-refractivity contribution in [2.24, 2.45) is 0 Å². The number of nitrogens with one attached hydrogen (secondary N) is 1. The molecule has 1 aromatic carbocycles. The highest BCUT2D eigenvalue weighted by molar-refractivity contribution is 6.33. The number of para-hydroxylation sites is 1. The molecule has 1 heterocycles. The summed E-state index contributed by atoms with van der Waals surface area (Å²) in [7, 11) is 1.81. The molecule has 0 radical (unpaired) electrons. The molecule has 0 spiro atoms. The summed E-state index contributed by atoms with van der Waals surface area (Å²) >= 11 is 6.25. The molecular formula is C18H25ClN4O2. The Kier molecular flexibility index (Phi) is 5.81. The van der Waals surface area contributed by atoms with Crippen molar-refractivity contribution in [1.82, 2.24) is 15.1 Å². The highest BCUT2D eigenvalue weighted by Gasteiger charge is 2.25. The third-order valence-electron chi connectivity index (χ3n) is 4.59. The minimum absolute atomic E-state index is 0.00124. The molecule has 25 heavy (non-hydrogen) atoms. The van der Waals surface area contributed by atoms with Crippen molar-refractivity contribution in [3.63, 3.8) is 0 Å². The van der Waals surface area contributed by atoms with Gasteiger partial charge in [-0.3, -0.25) is 14.5 Å². The van der Waals surface area contributed by atoms with Crippen LogP contribution in [0.15, 0.2) is 24.3 Å². The van der Waals surface area contributed by atoms with E-state index in [0.29, 0.717) is 19.1 Å². The zero-order chi connectivity index (χ0) is 17.8. The zero-order valence-electron chi connectivity index (χ0n) is 14.6. The minimum atomic E-state index is 0.00124. The van der Waals surface area contributed by atoms with Gasteiger partial charge in [0.05, 0.1) is 23.8 Å². The van der Waals surface area contributed by atoms with Gasteiger partial charge in [0.2, 0.25) is 11.8 Å². The van der Waals surface area contributed by atoms with Gasteiger partial charge in [-0.1, -0.05) is 23.7 Å². The Bertz CT molecular complexity index is 627. The molecule has 2 fully saturated rings. The quantitative estimate of drug-likeness (QED) is 0.824. The third-order valence-corrected chi connectivity index (χ3v) is 4.91. The van der Waals surface area contributed by atoms with Crippen LogP contribution in [0.4, 0.5) is 5.69 Å². The fourth-order valence-electron chi connectivity index (χ4n) is 3.04. The van der Waals surface area contributed by atoms with Gasteiger partial charge in [-0.15, -0.1) is 0 Å². The number of rotatable bonds is 6. The van der Waals surface area contributed by atoms with Gasteiger partial charge in [-0.25, -0.2) is 0 Å². The molecule has 1 saturated carbocycles. The zero-order valence-corrected chi connectivity index (χ0v) is 15.3.